The Hall–Kier alpha value is -1.93. The summed E-state index contributed by atoms with van der Waals surface area (Å²) in [6, 6.07) is 7.57. The van der Waals surface area contributed by atoms with Gasteiger partial charge in [-0.05, 0) is 12.1 Å². The highest BCUT2D eigenvalue weighted by Gasteiger charge is 2.17. The molecule has 0 atom stereocenters. The Balaban J connectivity index is 1.77. The van der Waals surface area contributed by atoms with E-state index >= 15 is 0 Å². The molecule has 0 fully saturated rings. The molecule has 0 N–H and O–H groups in total. The maximum atomic E-state index is 12.8. The summed E-state index contributed by atoms with van der Waals surface area (Å²) >= 11 is 7.49. The van der Waals surface area contributed by atoms with Crippen molar-refractivity contribution in [3.8, 4) is 11.3 Å². The number of fused-ring (bicyclic) bond motifs is 1. The normalized spacial score (nSPS) is 11.2. The van der Waals surface area contributed by atoms with Gasteiger partial charge in [0, 0.05) is 55.2 Å². The molecule has 8 heteroatoms. The molecule has 3 aromatic rings. The van der Waals surface area contributed by atoms with Gasteiger partial charge in [0.15, 0.2) is 4.96 Å². The minimum absolute atomic E-state index is 0.0468. The van der Waals surface area contributed by atoms with Gasteiger partial charge in [-0.25, -0.2) is 4.98 Å². The molecule has 2 aromatic heterocycles. The number of nitrogens with zero attached hydrogens (tertiary/aromatic N) is 3. The van der Waals surface area contributed by atoms with E-state index in [2.05, 4.69) is 4.98 Å². The van der Waals surface area contributed by atoms with Gasteiger partial charge in [-0.2, -0.15) is 0 Å². The quantitative estimate of drug-likeness (QED) is 0.545. The van der Waals surface area contributed by atoms with E-state index in [0.717, 1.165) is 21.9 Å². The lowest BCUT2D eigenvalue weighted by atomic mass is 10.2. The fourth-order valence-electron chi connectivity index (χ4n) is 2.75. The largest absolute Gasteiger partial charge is 0.383 e. The third kappa shape index (κ3) is 4.87. The van der Waals surface area contributed by atoms with Crippen molar-refractivity contribution in [2.24, 2.45) is 0 Å². The molecule has 1 aromatic carbocycles. The number of aromatic nitrogens is 2. The Morgan fingerprint density at radius 2 is 1.85 bits per heavy atom. The summed E-state index contributed by atoms with van der Waals surface area (Å²) in [4.78, 5) is 20.0. The fraction of sp³-hybridized carbons (Fsp3) is 0.368. The summed E-state index contributed by atoms with van der Waals surface area (Å²) in [7, 11) is 3.26. The molecule has 0 aliphatic carbocycles. The molecule has 2 heterocycles. The molecule has 27 heavy (non-hydrogen) atoms. The van der Waals surface area contributed by atoms with Crippen LogP contribution in [0.4, 0.5) is 0 Å². The van der Waals surface area contributed by atoms with Crippen molar-refractivity contribution in [3.63, 3.8) is 0 Å². The van der Waals surface area contributed by atoms with E-state index in [1.165, 1.54) is 11.3 Å². The molecule has 0 radical (unpaired) electrons. The Bertz CT molecular complexity index is 883. The van der Waals surface area contributed by atoms with Crippen molar-refractivity contribution in [2.45, 2.75) is 6.42 Å². The van der Waals surface area contributed by atoms with Gasteiger partial charge in [-0.1, -0.05) is 23.7 Å². The van der Waals surface area contributed by atoms with Crippen molar-refractivity contribution in [2.75, 3.05) is 40.5 Å². The summed E-state index contributed by atoms with van der Waals surface area (Å²) in [6.07, 6.45) is 2.27. The van der Waals surface area contributed by atoms with Gasteiger partial charge in [0.25, 0.3) is 0 Å². The Kier molecular flexibility index (Phi) is 6.84. The second-order valence-corrected chi connectivity index (χ2v) is 7.33. The van der Waals surface area contributed by atoms with E-state index in [0.29, 0.717) is 37.7 Å². The van der Waals surface area contributed by atoms with E-state index in [1.807, 2.05) is 40.2 Å². The number of hydrogen-bond acceptors (Lipinski definition) is 5. The van der Waals surface area contributed by atoms with Gasteiger partial charge in [0.2, 0.25) is 5.91 Å². The van der Waals surface area contributed by atoms with E-state index < -0.39 is 0 Å². The number of ether oxygens (including phenoxy) is 2. The lowest BCUT2D eigenvalue weighted by molar-refractivity contribution is -0.131. The molecule has 144 valence electrons. The number of amides is 1. The van der Waals surface area contributed by atoms with E-state index in [9.17, 15) is 4.79 Å². The van der Waals surface area contributed by atoms with Crippen molar-refractivity contribution in [3.05, 3.63) is 46.6 Å². The fourth-order valence-corrected chi connectivity index (χ4v) is 3.75. The standard InChI is InChI=1S/C19H22ClN3O3S/c1-25-9-7-22(8-10-26-2)18(24)11-16-13-27-19-21-17(12-23(16)19)14-3-5-15(20)6-4-14/h3-6,12-13H,7-11H2,1-2H3. The lowest BCUT2D eigenvalue weighted by Gasteiger charge is -2.21. The van der Waals surface area contributed by atoms with E-state index in [4.69, 9.17) is 21.1 Å². The first-order valence-corrected chi connectivity index (χ1v) is 9.85. The van der Waals surface area contributed by atoms with Gasteiger partial charge in [-0.3, -0.25) is 9.20 Å². The van der Waals surface area contributed by atoms with Crippen LogP contribution in [0.1, 0.15) is 5.69 Å². The Morgan fingerprint density at radius 1 is 1.19 bits per heavy atom. The van der Waals surface area contributed by atoms with Crippen LogP contribution in [0.15, 0.2) is 35.8 Å². The highest BCUT2D eigenvalue weighted by Crippen LogP contribution is 2.25. The van der Waals surface area contributed by atoms with Gasteiger partial charge in [0.1, 0.15) is 0 Å². The topological polar surface area (TPSA) is 56.1 Å². The van der Waals surface area contributed by atoms with E-state index in [1.54, 1.807) is 19.1 Å². The number of methoxy groups -OCH3 is 2. The van der Waals surface area contributed by atoms with Crippen LogP contribution < -0.4 is 0 Å². The number of carbonyl (C=O) groups excluding carboxylic acids is 1. The lowest BCUT2D eigenvalue weighted by Crippen LogP contribution is -2.37. The van der Waals surface area contributed by atoms with Gasteiger partial charge >= 0.3 is 0 Å². The zero-order chi connectivity index (χ0) is 19.2. The van der Waals surface area contributed by atoms with Crippen molar-refractivity contribution in [1.29, 1.82) is 0 Å². The number of thiazole rings is 1. The van der Waals surface area contributed by atoms with Crippen LogP contribution >= 0.6 is 22.9 Å². The molecule has 0 spiro atoms. The van der Waals surface area contributed by atoms with Crippen molar-refractivity contribution in [1.82, 2.24) is 14.3 Å². The zero-order valence-corrected chi connectivity index (χ0v) is 16.9. The summed E-state index contributed by atoms with van der Waals surface area (Å²) < 4.78 is 12.2. The molecule has 0 aliphatic heterocycles. The number of rotatable bonds is 9. The smallest absolute Gasteiger partial charge is 0.228 e. The average molecular weight is 408 g/mol. The third-order valence-corrected chi connectivity index (χ3v) is 5.38. The van der Waals surface area contributed by atoms with Crippen LogP contribution in [0.25, 0.3) is 16.2 Å². The minimum atomic E-state index is 0.0468. The molecular formula is C19H22ClN3O3S. The molecule has 3 rings (SSSR count). The van der Waals surface area contributed by atoms with Crippen LogP contribution in [0, 0.1) is 0 Å². The van der Waals surface area contributed by atoms with Crippen LogP contribution in [0.2, 0.25) is 5.02 Å². The molecule has 6 nitrogen and oxygen atoms in total. The first-order chi connectivity index (χ1) is 13.1. The first kappa shape index (κ1) is 19.8. The minimum Gasteiger partial charge on any atom is -0.383 e. The second-order valence-electron chi connectivity index (χ2n) is 6.06. The third-order valence-electron chi connectivity index (χ3n) is 4.24. The van der Waals surface area contributed by atoms with Gasteiger partial charge < -0.3 is 14.4 Å². The number of benzene rings is 1. The monoisotopic (exact) mass is 407 g/mol. The Morgan fingerprint density at radius 3 is 2.48 bits per heavy atom. The zero-order valence-electron chi connectivity index (χ0n) is 15.4. The van der Waals surface area contributed by atoms with Crippen LogP contribution in [0.3, 0.4) is 0 Å². The maximum Gasteiger partial charge on any atom is 0.228 e. The summed E-state index contributed by atoms with van der Waals surface area (Å²) in [5.74, 6) is 0.0468. The summed E-state index contributed by atoms with van der Waals surface area (Å²) in [5, 5.41) is 2.68. The summed E-state index contributed by atoms with van der Waals surface area (Å²) in [5.41, 5.74) is 2.78. The molecule has 0 unspecified atom stereocenters. The average Bonchev–Trinajstić information content (AvgIpc) is 3.24. The number of imidazole rings is 1. The molecule has 0 saturated carbocycles. The molecule has 1 amide bonds. The first-order valence-electron chi connectivity index (χ1n) is 8.59. The molecule has 0 aliphatic rings. The highest BCUT2D eigenvalue weighted by molar-refractivity contribution is 7.15. The van der Waals surface area contributed by atoms with Crippen LogP contribution in [-0.4, -0.2) is 60.7 Å². The van der Waals surface area contributed by atoms with E-state index in [-0.39, 0.29) is 5.91 Å². The van der Waals surface area contributed by atoms with Gasteiger partial charge in [-0.15, -0.1) is 11.3 Å². The maximum absolute atomic E-state index is 12.8. The second kappa shape index (κ2) is 9.32. The SMILES string of the molecule is COCCN(CCOC)C(=O)Cc1csc2nc(-c3ccc(Cl)cc3)cn12. The van der Waals surface area contributed by atoms with Crippen LogP contribution in [0.5, 0.6) is 0 Å². The summed E-state index contributed by atoms with van der Waals surface area (Å²) in [6.45, 7) is 2.10. The Labute approximate surface area is 167 Å². The van der Waals surface area contributed by atoms with Crippen molar-refractivity contribution >= 4 is 33.8 Å². The predicted molar refractivity (Wildman–Crippen MR) is 108 cm³/mol. The number of halogens is 1. The molecule has 0 saturated heterocycles. The van der Waals surface area contributed by atoms with Crippen LogP contribution in [-0.2, 0) is 20.7 Å². The molecular weight excluding hydrogens is 386 g/mol. The molecule has 0 bridgehead atoms. The predicted octanol–water partition coefficient (Wildman–Crippen LogP) is 3.38. The van der Waals surface area contributed by atoms with Crippen molar-refractivity contribution < 1.29 is 14.3 Å². The highest BCUT2D eigenvalue weighted by atomic mass is 35.5. The number of hydrogen-bond donors (Lipinski definition) is 0. The van der Waals surface area contributed by atoms with Gasteiger partial charge in [0.05, 0.1) is 25.3 Å². The number of carbonyl (C=O) groups is 1.